The Morgan fingerprint density at radius 2 is 0.907 bits per heavy atom. The van der Waals surface area contributed by atoms with Crippen molar-refractivity contribution in [2.24, 2.45) is 0 Å². The van der Waals surface area contributed by atoms with E-state index in [4.69, 9.17) is 4.74 Å². The molecule has 3 amide bonds. The van der Waals surface area contributed by atoms with Crippen LogP contribution in [0.5, 0.6) is 0 Å². The third-order valence-corrected chi connectivity index (χ3v) is 19.3. The Morgan fingerprint density at radius 3 is 1.27 bits per heavy atom. The van der Waals surface area contributed by atoms with E-state index in [1.807, 2.05) is 67.3 Å². The molecule has 2 unspecified atom stereocenters. The fourth-order valence-electron chi connectivity index (χ4n) is 11.7. The first-order valence-electron chi connectivity index (χ1n) is 28.7. The molecule has 0 bridgehead atoms. The van der Waals surface area contributed by atoms with Crippen LogP contribution in [0.1, 0.15) is 71.8 Å². The number of ether oxygens (including phenoxy) is 1. The van der Waals surface area contributed by atoms with Gasteiger partial charge >= 0.3 is 0 Å². The summed E-state index contributed by atoms with van der Waals surface area (Å²) >= 11 is 4.39. The summed E-state index contributed by atoms with van der Waals surface area (Å²) in [6, 6.07) is 36.6. The van der Waals surface area contributed by atoms with Gasteiger partial charge in [-0.1, -0.05) is 0 Å². The Balaban J connectivity index is 0.000000120. The summed E-state index contributed by atoms with van der Waals surface area (Å²) in [4.78, 5) is 69.4. The lowest BCUT2D eigenvalue weighted by Gasteiger charge is -2.23. The maximum atomic E-state index is 13.1. The molecule has 0 saturated carbocycles. The largest absolute Gasteiger partial charge is 0.391 e. The van der Waals surface area contributed by atoms with Crippen molar-refractivity contribution in [3.8, 4) is 0 Å². The maximum absolute atomic E-state index is 13.1. The number of aromatic amines is 3. The van der Waals surface area contributed by atoms with Crippen molar-refractivity contribution in [2.75, 3.05) is 62.4 Å². The molecule has 15 rings (SSSR count). The normalized spacial score (nSPS) is 16.8. The first-order chi connectivity index (χ1) is 41.7. The van der Waals surface area contributed by atoms with E-state index < -0.39 is 12.2 Å². The predicted octanol–water partition coefficient (Wildman–Crippen LogP) is 13.2. The lowest BCUT2D eigenvalue weighted by molar-refractivity contribution is 0.0634. The summed E-state index contributed by atoms with van der Waals surface area (Å²) < 4.78 is 8.21. The second-order valence-corrected chi connectivity index (χ2v) is 25.5. The van der Waals surface area contributed by atoms with Crippen LogP contribution < -0.4 is 16.0 Å². The van der Waals surface area contributed by atoms with Crippen molar-refractivity contribution < 1.29 is 29.3 Å². The number of aromatic nitrogens is 6. The monoisotopic (exact) mass is 1200 g/mol. The molecule has 3 saturated heterocycles. The number of aliphatic hydroxyl groups is 2. The van der Waals surface area contributed by atoms with Crippen molar-refractivity contribution in [3.63, 3.8) is 0 Å². The van der Waals surface area contributed by atoms with Crippen LogP contribution in [0, 0.1) is 20.8 Å². The smallest absolute Gasteiger partial charge is 0.264 e. The number of likely N-dealkylation sites (tertiary alicyclic amines) is 3. The molecule has 18 nitrogen and oxygen atoms in total. The average Bonchev–Trinajstić information content (AvgIpc) is 2.31. The molecule has 86 heavy (non-hydrogen) atoms. The second-order valence-electron chi connectivity index (χ2n) is 22.3. The van der Waals surface area contributed by atoms with Crippen molar-refractivity contribution in [3.05, 3.63) is 159 Å². The highest BCUT2D eigenvalue weighted by Crippen LogP contribution is 2.38. The molecule has 12 heterocycles. The van der Waals surface area contributed by atoms with Gasteiger partial charge in [-0.25, -0.2) is 0 Å². The molecule has 8 N–H and O–H groups in total. The van der Waals surface area contributed by atoms with Crippen molar-refractivity contribution in [2.45, 2.75) is 64.7 Å². The van der Waals surface area contributed by atoms with E-state index in [9.17, 15) is 24.6 Å². The van der Waals surface area contributed by atoms with Gasteiger partial charge in [-0.05, 0) is 156 Å². The summed E-state index contributed by atoms with van der Waals surface area (Å²) in [6.07, 6.45) is 7.77. The van der Waals surface area contributed by atoms with E-state index in [1.165, 1.54) is 39.4 Å². The zero-order valence-corrected chi connectivity index (χ0v) is 50.3. The van der Waals surface area contributed by atoms with Gasteiger partial charge in [0.25, 0.3) is 17.7 Å². The number of aryl methyl sites for hydroxylation is 3. The molecular formula is C65H64N12O6S3. The van der Waals surface area contributed by atoms with Crippen LogP contribution in [0.4, 0.5) is 34.1 Å². The Bertz CT molecular complexity index is 4330. The van der Waals surface area contributed by atoms with E-state index in [-0.39, 0.29) is 23.8 Å². The SMILES string of the molecule is COC[C@H]1CCCN1C(=O)c1cc2nccc(Nc3ccc4[nH]c(C)cc4c3)c2s1.Cc1cc2cc(Nc3ccnc4cc(C(=O)N5CCC(O)C5)sc34)ccc2[nH]1.Cc1cc2cc(Nc3ccnc4cc(C(=O)N5CCC(O)C5)sc34)ccc2[nH]1. The summed E-state index contributed by atoms with van der Waals surface area (Å²) in [7, 11) is 1.69. The fraction of sp³-hybridized carbons (Fsp3) is 0.262. The number of H-pyrrole nitrogens is 3. The summed E-state index contributed by atoms with van der Waals surface area (Å²) in [5, 5.41) is 33.3. The number of hydrogen-bond acceptors (Lipinski definition) is 15. The van der Waals surface area contributed by atoms with Gasteiger partial charge in [0.15, 0.2) is 0 Å². The molecule has 21 heteroatoms. The van der Waals surface area contributed by atoms with Gasteiger partial charge in [0.05, 0.1) is 87.2 Å². The number of nitrogens with zero attached hydrogens (tertiary/aromatic N) is 6. The van der Waals surface area contributed by atoms with Gasteiger partial charge in [-0.2, -0.15) is 0 Å². The highest BCUT2D eigenvalue weighted by Gasteiger charge is 2.32. The van der Waals surface area contributed by atoms with E-state index in [2.05, 4.69) is 113 Å². The number of pyridine rings is 3. The van der Waals surface area contributed by atoms with Crippen LogP contribution in [0.25, 0.3) is 63.4 Å². The number of amides is 3. The van der Waals surface area contributed by atoms with Gasteiger partial charge in [-0.15, -0.1) is 34.0 Å². The number of benzene rings is 3. The lowest BCUT2D eigenvalue weighted by atomic mass is 10.2. The molecule has 438 valence electrons. The average molecular weight is 1210 g/mol. The van der Waals surface area contributed by atoms with Crippen LogP contribution >= 0.6 is 34.0 Å². The molecule has 3 atom stereocenters. The number of hydrogen-bond donors (Lipinski definition) is 8. The minimum absolute atomic E-state index is 0.0327. The number of carbonyl (C=O) groups is 3. The number of carbonyl (C=O) groups excluding carboxylic acids is 3. The van der Waals surface area contributed by atoms with E-state index in [1.54, 1.807) is 35.5 Å². The third-order valence-electron chi connectivity index (χ3n) is 15.9. The molecule has 3 fully saturated rings. The van der Waals surface area contributed by atoms with Gasteiger partial charge in [0, 0.05) is 125 Å². The van der Waals surface area contributed by atoms with Gasteiger partial charge in [-0.3, -0.25) is 29.3 Å². The molecule has 0 radical (unpaired) electrons. The molecule has 9 aromatic heterocycles. The van der Waals surface area contributed by atoms with Gasteiger partial charge in [0.1, 0.15) is 0 Å². The van der Waals surface area contributed by atoms with Crippen LogP contribution in [-0.4, -0.2) is 137 Å². The number of fused-ring (bicyclic) bond motifs is 6. The second kappa shape index (κ2) is 24.0. The molecule has 3 aromatic carbocycles. The van der Waals surface area contributed by atoms with Crippen LogP contribution in [0.15, 0.2) is 128 Å². The first-order valence-corrected chi connectivity index (χ1v) is 31.2. The topological polar surface area (TPSA) is 233 Å². The number of aliphatic hydroxyl groups excluding tert-OH is 2. The molecular weight excluding hydrogens is 1140 g/mol. The highest BCUT2D eigenvalue weighted by atomic mass is 32.1. The number of nitrogens with one attached hydrogen (secondary N) is 6. The minimum Gasteiger partial charge on any atom is -0.391 e. The van der Waals surface area contributed by atoms with E-state index in [0.717, 1.165) is 133 Å². The third kappa shape index (κ3) is 11.8. The summed E-state index contributed by atoms with van der Waals surface area (Å²) in [6.45, 7) is 9.53. The summed E-state index contributed by atoms with van der Waals surface area (Å²) in [5.41, 5.74) is 15.0. The maximum Gasteiger partial charge on any atom is 0.264 e. The Morgan fingerprint density at radius 1 is 0.523 bits per heavy atom. The Kier molecular flexibility index (Phi) is 15.7. The fourth-order valence-corrected chi connectivity index (χ4v) is 14.9. The molecule has 3 aliphatic rings. The zero-order chi connectivity index (χ0) is 59.2. The molecule has 0 spiro atoms. The molecule has 3 aliphatic heterocycles. The number of thiophene rings is 3. The van der Waals surface area contributed by atoms with Gasteiger partial charge < -0.3 is 60.6 Å². The van der Waals surface area contributed by atoms with Gasteiger partial charge in [0.2, 0.25) is 0 Å². The van der Waals surface area contributed by atoms with Crippen molar-refractivity contribution in [1.82, 2.24) is 44.6 Å². The van der Waals surface area contributed by atoms with E-state index >= 15 is 0 Å². The molecule has 0 aliphatic carbocycles. The summed E-state index contributed by atoms with van der Waals surface area (Å²) in [5.74, 6) is 0.0113. The van der Waals surface area contributed by atoms with Crippen LogP contribution in [-0.2, 0) is 4.74 Å². The van der Waals surface area contributed by atoms with Crippen molar-refractivity contribution >= 4 is 149 Å². The Hall–Kier alpha value is -8.70. The van der Waals surface area contributed by atoms with Crippen molar-refractivity contribution in [1.29, 1.82) is 0 Å². The van der Waals surface area contributed by atoms with E-state index in [0.29, 0.717) is 55.4 Å². The highest BCUT2D eigenvalue weighted by molar-refractivity contribution is 7.22. The minimum atomic E-state index is -0.416. The number of methoxy groups -OCH3 is 1. The lowest BCUT2D eigenvalue weighted by Crippen LogP contribution is -2.37. The standard InChI is InChI=1S/C23H24N4O2S.2C21H20N4O2S/c1-14-10-15-11-16(5-6-18(15)25-14)26-19-7-8-24-20-12-21(30-22(19)20)23(28)27-9-3-4-17(27)13-29-2;2*1-12-8-13-9-14(2-3-16(13)23-12)24-17-4-6-22-18-10-19(28-20(17)18)21(27)25-7-5-15(26)11-25/h5-8,10-12,17,25H,3-4,9,13H2,1-2H3,(H,24,26);2*2-4,6,8-10,15,23,26H,5,7,11H2,1H3,(H,22,24)/t17-;;/m1../s1. The predicted molar refractivity (Wildman–Crippen MR) is 347 cm³/mol. The Labute approximate surface area is 506 Å². The number of β-amino-alcohol motifs (C(OH)–C–C–N with tert-alkyl or cyclic N) is 2. The first kappa shape index (κ1) is 56.4. The zero-order valence-electron chi connectivity index (χ0n) is 47.9. The van der Waals surface area contributed by atoms with Crippen LogP contribution in [0.2, 0.25) is 0 Å². The molecule has 12 aromatic rings. The number of rotatable bonds is 11. The quantitative estimate of drug-likeness (QED) is 0.0604. The number of anilines is 6. The van der Waals surface area contributed by atoms with Crippen LogP contribution in [0.3, 0.4) is 0 Å².